The molecule has 120 valence electrons. The number of carbonyl (C=O) groups excluding carboxylic acids is 2. The van der Waals surface area contributed by atoms with Crippen molar-refractivity contribution in [3.05, 3.63) is 23.8 Å². The maximum Gasteiger partial charge on any atom is 0.359 e. The molecule has 0 saturated carbocycles. The monoisotopic (exact) mass is 327 g/mol. The Balaban J connectivity index is 1.87. The fraction of sp³-hybridized carbons (Fsp3) is 0.538. The number of carbonyl (C=O) groups is 2. The molecule has 0 aromatic carbocycles. The Kier molecular flexibility index (Phi) is 4.74. The lowest BCUT2D eigenvalue weighted by molar-refractivity contribution is -0.134. The standard InChI is InChI=1S/C13H17N3O5S/c1-9-5-15-11(6-14-9)13(18)21-7-12(17)16(2)10-3-4-22(19,20)8-10/h5-6,10H,3-4,7-8H2,1-2H3/t10-/m1/s1. The predicted octanol–water partition coefficient (Wildman–Crippen LogP) is -0.413. The van der Waals surface area contributed by atoms with Crippen LogP contribution < -0.4 is 0 Å². The van der Waals surface area contributed by atoms with Gasteiger partial charge in [-0.25, -0.2) is 18.2 Å². The van der Waals surface area contributed by atoms with Gasteiger partial charge in [0.05, 0.1) is 23.4 Å². The Morgan fingerprint density at radius 1 is 1.36 bits per heavy atom. The van der Waals surface area contributed by atoms with Crippen LogP contribution in [-0.4, -0.2) is 66.4 Å². The minimum Gasteiger partial charge on any atom is -0.451 e. The second-order valence-electron chi connectivity index (χ2n) is 5.18. The summed E-state index contributed by atoms with van der Waals surface area (Å²) >= 11 is 0. The van der Waals surface area contributed by atoms with Crippen LogP contribution in [0.25, 0.3) is 0 Å². The summed E-state index contributed by atoms with van der Waals surface area (Å²) in [6, 6.07) is -0.365. The van der Waals surface area contributed by atoms with Crippen molar-refractivity contribution in [3.8, 4) is 0 Å². The summed E-state index contributed by atoms with van der Waals surface area (Å²) < 4.78 is 27.7. The minimum atomic E-state index is -3.07. The molecule has 1 aromatic heterocycles. The molecule has 1 amide bonds. The van der Waals surface area contributed by atoms with Gasteiger partial charge < -0.3 is 9.64 Å². The maximum absolute atomic E-state index is 11.9. The van der Waals surface area contributed by atoms with E-state index in [-0.39, 0.29) is 23.2 Å². The van der Waals surface area contributed by atoms with E-state index in [0.29, 0.717) is 12.1 Å². The molecule has 2 heterocycles. The number of hydrogen-bond donors (Lipinski definition) is 0. The zero-order valence-electron chi connectivity index (χ0n) is 12.4. The van der Waals surface area contributed by atoms with Crippen LogP contribution >= 0.6 is 0 Å². The second kappa shape index (κ2) is 6.39. The molecule has 1 aliphatic heterocycles. The molecule has 2 rings (SSSR count). The van der Waals surface area contributed by atoms with Crippen molar-refractivity contribution in [2.75, 3.05) is 25.2 Å². The van der Waals surface area contributed by atoms with Gasteiger partial charge in [-0.05, 0) is 13.3 Å². The van der Waals surface area contributed by atoms with Crippen molar-refractivity contribution in [3.63, 3.8) is 0 Å². The van der Waals surface area contributed by atoms with Crippen LogP contribution in [0.2, 0.25) is 0 Å². The number of aryl methyl sites for hydroxylation is 1. The van der Waals surface area contributed by atoms with Crippen LogP contribution in [0.3, 0.4) is 0 Å². The van der Waals surface area contributed by atoms with Crippen LogP contribution in [0.1, 0.15) is 22.6 Å². The van der Waals surface area contributed by atoms with Crippen LogP contribution in [0, 0.1) is 6.92 Å². The SMILES string of the molecule is Cc1cnc(C(=O)OCC(=O)N(C)[C@@H]2CCS(=O)(=O)C2)cn1. The molecule has 9 heteroatoms. The largest absolute Gasteiger partial charge is 0.451 e. The summed E-state index contributed by atoms with van der Waals surface area (Å²) in [5.41, 5.74) is 0.680. The summed E-state index contributed by atoms with van der Waals surface area (Å²) in [7, 11) is -1.56. The summed E-state index contributed by atoms with van der Waals surface area (Å²) in [6.45, 7) is 1.28. The molecule has 22 heavy (non-hydrogen) atoms. The molecule has 1 aliphatic rings. The first-order chi connectivity index (χ1) is 10.3. The number of aromatic nitrogens is 2. The summed E-state index contributed by atoms with van der Waals surface area (Å²) in [5.74, 6) is -1.16. The number of amides is 1. The Morgan fingerprint density at radius 2 is 2.09 bits per heavy atom. The number of esters is 1. The molecule has 0 radical (unpaired) electrons. The van der Waals surface area contributed by atoms with Gasteiger partial charge in [0, 0.05) is 19.3 Å². The Hall–Kier alpha value is -2.03. The average Bonchev–Trinajstić information content (AvgIpc) is 2.84. The van der Waals surface area contributed by atoms with E-state index in [2.05, 4.69) is 9.97 Å². The van der Waals surface area contributed by atoms with E-state index < -0.39 is 28.3 Å². The molecule has 1 atom stereocenters. The fourth-order valence-electron chi connectivity index (χ4n) is 2.09. The van der Waals surface area contributed by atoms with Crippen LogP contribution in [0.15, 0.2) is 12.4 Å². The molecule has 0 N–H and O–H groups in total. The van der Waals surface area contributed by atoms with Crippen molar-refractivity contribution in [1.29, 1.82) is 0 Å². The first-order valence-corrected chi connectivity index (χ1v) is 8.52. The maximum atomic E-state index is 11.9. The molecular formula is C13H17N3O5S. The summed E-state index contributed by atoms with van der Waals surface area (Å²) in [6.07, 6.45) is 3.10. The number of ether oxygens (including phenoxy) is 1. The van der Waals surface area contributed by atoms with Gasteiger partial charge in [-0.2, -0.15) is 0 Å². The number of sulfone groups is 1. The van der Waals surface area contributed by atoms with Crippen molar-refractivity contribution >= 4 is 21.7 Å². The lowest BCUT2D eigenvalue weighted by Crippen LogP contribution is -2.40. The highest BCUT2D eigenvalue weighted by Gasteiger charge is 2.32. The number of likely N-dealkylation sites (N-methyl/N-ethyl adjacent to an activating group) is 1. The van der Waals surface area contributed by atoms with Gasteiger partial charge in [0.25, 0.3) is 5.91 Å². The topological polar surface area (TPSA) is 107 Å². The zero-order valence-corrected chi connectivity index (χ0v) is 13.2. The average molecular weight is 327 g/mol. The van der Waals surface area contributed by atoms with Gasteiger partial charge in [-0.1, -0.05) is 0 Å². The van der Waals surface area contributed by atoms with Gasteiger partial charge in [0.1, 0.15) is 0 Å². The highest BCUT2D eigenvalue weighted by Crippen LogP contribution is 2.16. The second-order valence-corrected chi connectivity index (χ2v) is 7.41. The van der Waals surface area contributed by atoms with Gasteiger partial charge in [0.2, 0.25) is 0 Å². The highest BCUT2D eigenvalue weighted by atomic mass is 32.2. The van der Waals surface area contributed by atoms with Crippen LogP contribution in [-0.2, 0) is 19.4 Å². The van der Waals surface area contributed by atoms with Gasteiger partial charge in [0.15, 0.2) is 22.1 Å². The molecule has 1 fully saturated rings. The van der Waals surface area contributed by atoms with Gasteiger partial charge in [-0.15, -0.1) is 0 Å². The molecule has 0 spiro atoms. The molecule has 0 unspecified atom stereocenters. The first-order valence-electron chi connectivity index (χ1n) is 6.70. The molecule has 0 aliphatic carbocycles. The summed E-state index contributed by atoms with van der Waals surface area (Å²) in [5, 5.41) is 0. The minimum absolute atomic E-state index is 0.0181. The van der Waals surface area contributed by atoms with Crippen molar-refractivity contribution < 1.29 is 22.7 Å². The van der Waals surface area contributed by atoms with Gasteiger partial charge >= 0.3 is 5.97 Å². The third-order valence-electron chi connectivity index (χ3n) is 3.47. The normalized spacial score (nSPS) is 19.6. The Morgan fingerprint density at radius 3 is 2.64 bits per heavy atom. The van der Waals surface area contributed by atoms with E-state index in [1.165, 1.54) is 24.3 Å². The van der Waals surface area contributed by atoms with E-state index in [0.717, 1.165) is 0 Å². The molecular weight excluding hydrogens is 310 g/mol. The van der Waals surface area contributed by atoms with Crippen molar-refractivity contribution in [2.45, 2.75) is 19.4 Å². The smallest absolute Gasteiger partial charge is 0.359 e. The van der Waals surface area contributed by atoms with E-state index in [9.17, 15) is 18.0 Å². The predicted molar refractivity (Wildman–Crippen MR) is 76.9 cm³/mol. The van der Waals surface area contributed by atoms with Crippen LogP contribution in [0.4, 0.5) is 0 Å². The third-order valence-corrected chi connectivity index (χ3v) is 5.22. The van der Waals surface area contributed by atoms with Crippen LogP contribution in [0.5, 0.6) is 0 Å². The van der Waals surface area contributed by atoms with Crippen molar-refractivity contribution in [2.24, 2.45) is 0 Å². The third kappa shape index (κ3) is 4.00. The Labute approximate surface area is 128 Å². The Bertz CT molecular complexity index is 671. The first kappa shape index (κ1) is 16.3. The number of hydrogen-bond acceptors (Lipinski definition) is 7. The number of rotatable bonds is 4. The zero-order chi connectivity index (χ0) is 16.3. The molecule has 0 bridgehead atoms. The fourth-order valence-corrected chi connectivity index (χ4v) is 3.86. The van der Waals surface area contributed by atoms with E-state index in [1.807, 2.05) is 0 Å². The van der Waals surface area contributed by atoms with Crippen molar-refractivity contribution in [1.82, 2.24) is 14.9 Å². The van der Waals surface area contributed by atoms with Gasteiger partial charge in [-0.3, -0.25) is 9.78 Å². The molecule has 1 aromatic rings. The molecule has 8 nitrogen and oxygen atoms in total. The quantitative estimate of drug-likeness (QED) is 0.692. The summed E-state index contributed by atoms with van der Waals surface area (Å²) in [4.78, 5) is 32.8. The molecule has 1 saturated heterocycles. The highest BCUT2D eigenvalue weighted by molar-refractivity contribution is 7.91. The van der Waals surface area contributed by atoms with E-state index in [1.54, 1.807) is 6.92 Å². The van der Waals surface area contributed by atoms with E-state index in [4.69, 9.17) is 4.74 Å². The number of nitrogens with zero attached hydrogens (tertiary/aromatic N) is 3. The lowest BCUT2D eigenvalue weighted by atomic mass is 10.2. The lowest BCUT2D eigenvalue weighted by Gasteiger charge is -2.23. The van der Waals surface area contributed by atoms with E-state index >= 15 is 0 Å².